The Labute approximate surface area is 444 Å². The molecule has 0 spiro atoms. The number of carbonyl (C=O) groups excluding carboxylic acids is 2. The summed E-state index contributed by atoms with van der Waals surface area (Å²) in [5.41, 5.74) is 0. The van der Waals surface area contributed by atoms with Crippen molar-refractivity contribution >= 4 is 11.9 Å². The van der Waals surface area contributed by atoms with E-state index >= 15 is 0 Å². The van der Waals surface area contributed by atoms with Gasteiger partial charge in [0.2, 0.25) is 5.91 Å². The van der Waals surface area contributed by atoms with Gasteiger partial charge >= 0.3 is 5.97 Å². The van der Waals surface area contributed by atoms with E-state index < -0.39 is 12.1 Å². The molecule has 0 fully saturated rings. The molecule has 0 aliphatic rings. The molecule has 0 aromatic carbocycles. The van der Waals surface area contributed by atoms with Crippen molar-refractivity contribution in [3.63, 3.8) is 0 Å². The third kappa shape index (κ3) is 57.7. The normalized spacial score (nSPS) is 12.6. The van der Waals surface area contributed by atoms with Gasteiger partial charge in [0.1, 0.15) is 0 Å². The molecule has 0 aromatic rings. The number of nitrogens with one attached hydrogen (secondary N) is 1. The standard InChI is InChI=1S/C65H127NO5/c1-3-5-7-9-11-13-15-17-19-25-29-33-37-41-45-49-53-57-63(68)62(61-67)66-64(69)58-54-50-46-42-38-34-30-27-23-21-22-24-28-32-36-40-44-48-52-56-60-71-65(70)59-55-51-47-43-39-35-31-26-20-18-16-14-12-10-8-6-4-2/h53,57,62-63,67-68H,3-52,54-56,58-61H2,1-2H3,(H,66,69)/b57-53+. The number of carbonyl (C=O) groups is 2. The Kier molecular flexibility index (Phi) is 59.9. The predicted octanol–water partition coefficient (Wildman–Crippen LogP) is 20.4. The number of aliphatic hydroxyl groups is 2. The van der Waals surface area contributed by atoms with Crippen LogP contribution in [0.4, 0.5) is 0 Å². The molecule has 71 heavy (non-hydrogen) atoms. The molecule has 3 N–H and O–H groups in total. The van der Waals surface area contributed by atoms with Crippen molar-refractivity contribution in [3.05, 3.63) is 12.2 Å². The summed E-state index contributed by atoms with van der Waals surface area (Å²) < 4.78 is 5.50. The maximum absolute atomic E-state index is 12.5. The van der Waals surface area contributed by atoms with Crippen molar-refractivity contribution in [2.45, 2.75) is 379 Å². The summed E-state index contributed by atoms with van der Waals surface area (Å²) >= 11 is 0. The van der Waals surface area contributed by atoms with Gasteiger partial charge in [-0.2, -0.15) is 0 Å². The zero-order chi connectivity index (χ0) is 51.4. The number of unbranched alkanes of at least 4 members (excludes halogenated alkanes) is 50. The van der Waals surface area contributed by atoms with E-state index in [1.807, 2.05) is 6.08 Å². The highest BCUT2D eigenvalue weighted by Gasteiger charge is 2.18. The first-order valence-electron chi connectivity index (χ1n) is 32.5. The SMILES string of the molecule is CCCCCCCCCCCCCCCCC/C=C/C(O)C(CO)NC(=O)CCCCCCCCCCCCCCCCCCCCCCOC(=O)CCCCCCCCCCCCCCCCCCC. The van der Waals surface area contributed by atoms with Gasteiger partial charge in [0, 0.05) is 12.8 Å². The van der Waals surface area contributed by atoms with Crippen LogP contribution < -0.4 is 5.32 Å². The molecule has 0 aliphatic carbocycles. The molecule has 0 saturated heterocycles. The molecule has 6 heteroatoms. The van der Waals surface area contributed by atoms with E-state index in [1.165, 1.54) is 302 Å². The van der Waals surface area contributed by atoms with E-state index in [2.05, 4.69) is 19.2 Å². The quantitative estimate of drug-likeness (QED) is 0.0320. The summed E-state index contributed by atoms with van der Waals surface area (Å²) in [4.78, 5) is 24.6. The molecule has 2 unspecified atom stereocenters. The van der Waals surface area contributed by atoms with E-state index in [9.17, 15) is 19.8 Å². The average molecular weight is 1000 g/mol. The summed E-state index contributed by atoms with van der Waals surface area (Å²) in [6.07, 6.45) is 74.0. The molecule has 0 aromatic heterocycles. The van der Waals surface area contributed by atoms with E-state index in [0.29, 0.717) is 19.4 Å². The van der Waals surface area contributed by atoms with Crippen molar-refractivity contribution in [3.8, 4) is 0 Å². The van der Waals surface area contributed by atoms with Crippen molar-refractivity contribution in [2.24, 2.45) is 0 Å². The predicted molar refractivity (Wildman–Crippen MR) is 310 cm³/mol. The van der Waals surface area contributed by atoms with Gasteiger partial charge in [-0.15, -0.1) is 0 Å². The van der Waals surface area contributed by atoms with Gasteiger partial charge in [-0.1, -0.05) is 334 Å². The molecule has 0 radical (unpaired) electrons. The highest BCUT2D eigenvalue weighted by molar-refractivity contribution is 5.76. The third-order valence-electron chi connectivity index (χ3n) is 15.3. The van der Waals surface area contributed by atoms with Crippen LogP contribution in [0.2, 0.25) is 0 Å². The molecular weight excluding hydrogens is 875 g/mol. The van der Waals surface area contributed by atoms with Gasteiger partial charge < -0.3 is 20.3 Å². The number of rotatable bonds is 61. The van der Waals surface area contributed by atoms with E-state index in [4.69, 9.17) is 4.74 Å². The third-order valence-corrected chi connectivity index (χ3v) is 15.3. The number of esters is 1. The van der Waals surface area contributed by atoms with Gasteiger partial charge in [-0.25, -0.2) is 0 Å². The molecule has 0 saturated carbocycles. The van der Waals surface area contributed by atoms with Gasteiger partial charge in [0.25, 0.3) is 0 Å². The second-order valence-corrected chi connectivity index (χ2v) is 22.5. The first kappa shape index (κ1) is 69.6. The maximum Gasteiger partial charge on any atom is 0.305 e. The highest BCUT2D eigenvalue weighted by Crippen LogP contribution is 2.18. The lowest BCUT2D eigenvalue weighted by Gasteiger charge is -2.20. The Balaban J connectivity index is 3.39. The Hall–Kier alpha value is -1.40. The zero-order valence-electron chi connectivity index (χ0n) is 48.2. The Morgan fingerprint density at radius 2 is 0.648 bits per heavy atom. The van der Waals surface area contributed by atoms with Crippen LogP contribution in [0.25, 0.3) is 0 Å². The van der Waals surface area contributed by atoms with E-state index in [0.717, 1.165) is 38.5 Å². The van der Waals surface area contributed by atoms with Crippen LogP contribution in [0.5, 0.6) is 0 Å². The lowest BCUT2D eigenvalue weighted by molar-refractivity contribution is -0.143. The van der Waals surface area contributed by atoms with Crippen molar-refractivity contribution < 1.29 is 24.5 Å². The summed E-state index contributed by atoms with van der Waals surface area (Å²) in [5, 5.41) is 23.2. The molecule has 1 amide bonds. The number of hydrogen-bond acceptors (Lipinski definition) is 5. The number of hydrogen-bond donors (Lipinski definition) is 3. The lowest BCUT2D eigenvalue weighted by atomic mass is 10.0. The molecule has 2 atom stereocenters. The van der Waals surface area contributed by atoms with Crippen LogP contribution in [-0.2, 0) is 14.3 Å². The minimum Gasteiger partial charge on any atom is -0.466 e. The molecule has 0 aliphatic heterocycles. The Morgan fingerprint density at radius 3 is 0.958 bits per heavy atom. The van der Waals surface area contributed by atoms with Crippen LogP contribution in [0.15, 0.2) is 12.2 Å². The fourth-order valence-corrected chi connectivity index (χ4v) is 10.3. The number of aliphatic hydroxyl groups excluding tert-OH is 2. The van der Waals surface area contributed by atoms with Crippen LogP contribution in [0.3, 0.4) is 0 Å². The zero-order valence-corrected chi connectivity index (χ0v) is 48.2. The topological polar surface area (TPSA) is 95.9 Å². The van der Waals surface area contributed by atoms with Crippen LogP contribution in [0, 0.1) is 0 Å². The van der Waals surface area contributed by atoms with Crippen molar-refractivity contribution in [2.75, 3.05) is 13.2 Å². The maximum atomic E-state index is 12.5. The number of ether oxygens (including phenoxy) is 1. The number of allylic oxidation sites excluding steroid dienone is 1. The molecular formula is C65H127NO5. The fraction of sp³-hybridized carbons (Fsp3) is 0.938. The lowest BCUT2D eigenvalue weighted by Crippen LogP contribution is -2.45. The van der Waals surface area contributed by atoms with Gasteiger partial charge in [-0.05, 0) is 32.1 Å². The molecule has 0 bridgehead atoms. The Morgan fingerprint density at radius 1 is 0.380 bits per heavy atom. The number of amides is 1. The molecule has 6 nitrogen and oxygen atoms in total. The second kappa shape index (κ2) is 61.1. The summed E-state index contributed by atoms with van der Waals surface area (Å²) in [5.74, 6) is -0.0518. The van der Waals surface area contributed by atoms with Crippen LogP contribution in [-0.4, -0.2) is 47.4 Å². The minimum absolute atomic E-state index is 0.0148. The van der Waals surface area contributed by atoms with Gasteiger partial charge in [0.15, 0.2) is 0 Å². The second-order valence-electron chi connectivity index (χ2n) is 22.5. The highest BCUT2D eigenvalue weighted by atomic mass is 16.5. The van der Waals surface area contributed by atoms with E-state index in [1.54, 1.807) is 6.08 Å². The molecule has 0 heterocycles. The average Bonchev–Trinajstić information content (AvgIpc) is 3.37. The fourth-order valence-electron chi connectivity index (χ4n) is 10.3. The summed E-state index contributed by atoms with van der Waals surface area (Å²) in [6, 6.07) is -0.629. The largest absolute Gasteiger partial charge is 0.466 e. The molecule has 422 valence electrons. The minimum atomic E-state index is -0.845. The first-order valence-corrected chi connectivity index (χ1v) is 32.5. The van der Waals surface area contributed by atoms with Gasteiger partial charge in [-0.3, -0.25) is 9.59 Å². The first-order chi connectivity index (χ1) is 35.0. The Bertz CT molecular complexity index is 1060. The van der Waals surface area contributed by atoms with Crippen LogP contribution >= 0.6 is 0 Å². The van der Waals surface area contributed by atoms with Crippen molar-refractivity contribution in [1.29, 1.82) is 0 Å². The van der Waals surface area contributed by atoms with Crippen molar-refractivity contribution in [1.82, 2.24) is 5.32 Å². The van der Waals surface area contributed by atoms with Gasteiger partial charge in [0.05, 0.1) is 25.4 Å². The van der Waals surface area contributed by atoms with Crippen LogP contribution in [0.1, 0.15) is 367 Å². The molecule has 0 rings (SSSR count). The van der Waals surface area contributed by atoms with E-state index in [-0.39, 0.29) is 18.5 Å². The monoisotopic (exact) mass is 1000 g/mol. The smallest absolute Gasteiger partial charge is 0.305 e. The summed E-state index contributed by atoms with van der Waals surface area (Å²) in [7, 11) is 0. The summed E-state index contributed by atoms with van der Waals surface area (Å²) in [6.45, 7) is 4.94.